The Morgan fingerprint density at radius 1 is 0.909 bits per heavy atom. The highest BCUT2D eigenvalue weighted by Crippen LogP contribution is 2.23. The van der Waals surface area contributed by atoms with Crippen molar-refractivity contribution in [3.05, 3.63) is 72.1 Å². The summed E-state index contributed by atoms with van der Waals surface area (Å²) < 4.78 is 5.26. The van der Waals surface area contributed by atoms with Gasteiger partial charge in [-0.15, -0.1) is 0 Å². The third-order valence-corrected chi connectivity index (χ3v) is 5.82. The predicted octanol–water partition coefficient (Wildman–Crippen LogP) is 3.77. The number of benzene rings is 2. The van der Waals surface area contributed by atoms with Crippen LogP contribution >= 0.6 is 0 Å². The number of carbonyl (C=O) groups is 2. The second-order valence-corrected chi connectivity index (χ2v) is 8.02. The van der Waals surface area contributed by atoms with Crippen LogP contribution < -0.4 is 9.64 Å². The van der Waals surface area contributed by atoms with Crippen LogP contribution in [-0.2, 0) is 4.79 Å². The van der Waals surface area contributed by atoms with Gasteiger partial charge in [-0.2, -0.15) is 0 Å². The number of amides is 1. The van der Waals surface area contributed by atoms with Crippen molar-refractivity contribution in [3.8, 4) is 17.0 Å². The number of anilines is 1. The fourth-order valence-corrected chi connectivity index (χ4v) is 4.04. The number of methoxy groups -OCH3 is 1. The van der Waals surface area contributed by atoms with Gasteiger partial charge in [0, 0.05) is 50.7 Å². The van der Waals surface area contributed by atoms with Crippen LogP contribution in [0.4, 0.5) is 5.82 Å². The minimum Gasteiger partial charge on any atom is -0.496 e. The summed E-state index contributed by atoms with van der Waals surface area (Å²) in [6.07, 6.45) is 0.368. The van der Waals surface area contributed by atoms with Gasteiger partial charge in [0.2, 0.25) is 5.91 Å². The Labute approximate surface area is 194 Å². The highest BCUT2D eigenvalue weighted by molar-refractivity contribution is 6.00. The quantitative estimate of drug-likeness (QED) is 0.517. The Balaban J connectivity index is 1.34. The van der Waals surface area contributed by atoms with E-state index >= 15 is 0 Å². The van der Waals surface area contributed by atoms with Crippen LogP contribution in [0.3, 0.4) is 0 Å². The molecule has 2 heterocycles. The molecule has 0 bridgehead atoms. The molecule has 0 unspecified atom stereocenters. The summed E-state index contributed by atoms with van der Waals surface area (Å²) in [6, 6.07) is 19.2. The van der Waals surface area contributed by atoms with Crippen molar-refractivity contribution in [1.82, 2.24) is 14.9 Å². The van der Waals surface area contributed by atoms with E-state index < -0.39 is 0 Å². The lowest BCUT2D eigenvalue weighted by atomic mass is 10.0. The molecule has 0 saturated carbocycles. The molecule has 3 aromatic rings. The lowest BCUT2D eigenvalue weighted by Crippen LogP contribution is -2.49. The van der Waals surface area contributed by atoms with Crippen molar-refractivity contribution < 1.29 is 14.3 Å². The van der Waals surface area contributed by atoms with Crippen molar-refractivity contribution in [3.63, 3.8) is 0 Å². The first-order valence-corrected chi connectivity index (χ1v) is 11.1. The number of para-hydroxylation sites is 1. The molecule has 1 amide bonds. The topological polar surface area (TPSA) is 75.6 Å². The molecule has 7 nitrogen and oxygen atoms in total. The number of carbonyl (C=O) groups excluding carboxylic acids is 2. The van der Waals surface area contributed by atoms with Gasteiger partial charge in [0.05, 0.1) is 18.4 Å². The van der Waals surface area contributed by atoms with Crippen LogP contribution in [0.15, 0.2) is 60.7 Å². The maximum absolute atomic E-state index is 12.7. The van der Waals surface area contributed by atoms with Gasteiger partial charge in [0.1, 0.15) is 17.4 Å². The zero-order valence-electron chi connectivity index (χ0n) is 19.0. The molecule has 1 aliphatic rings. The monoisotopic (exact) mass is 444 g/mol. The van der Waals surface area contributed by atoms with E-state index in [1.165, 1.54) is 0 Å². The van der Waals surface area contributed by atoms with Crippen molar-refractivity contribution in [2.45, 2.75) is 19.8 Å². The average molecular weight is 445 g/mol. The van der Waals surface area contributed by atoms with Gasteiger partial charge in [-0.3, -0.25) is 9.59 Å². The molecule has 170 valence electrons. The fourth-order valence-electron chi connectivity index (χ4n) is 4.04. The summed E-state index contributed by atoms with van der Waals surface area (Å²) in [5.41, 5.74) is 2.47. The minimum absolute atomic E-state index is 0.00161. The van der Waals surface area contributed by atoms with E-state index in [-0.39, 0.29) is 24.5 Å². The maximum Gasteiger partial charge on any atom is 0.223 e. The van der Waals surface area contributed by atoms with E-state index in [4.69, 9.17) is 4.74 Å². The van der Waals surface area contributed by atoms with Gasteiger partial charge in [0.25, 0.3) is 0 Å². The molecular weight excluding hydrogens is 416 g/mol. The summed E-state index contributed by atoms with van der Waals surface area (Å²) in [5, 5.41) is 0. The molecule has 1 fully saturated rings. The lowest BCUT2D eigenvalue weighted by molar-refractivity contribution is -0.131. The molecule has 1 aliphatic heterocycles. The molecule has 0 radical (unpaired) electrons. The largest absolute Gasteiger partial charge is 0.496 e. The second-order valence-electron chi connectivity index (χ2n) is 8.02. The van der Waals surface area contributed by atoms with Crippen LogP contribution in [0.1, 0.15) is 29.0 Å². The van der Waals surface area contributed by atoms with Gasteiger partial charge in [0.15, 0.2) is 5.78 Å². The normalized spacial score (nSPS) is 13.6. The zero-order valence-corrected chi connectivity index (χ0v) is 19.0. The van der Waals surface area contributed by atoms with E-state index in [1.54, 1.807) is 25.3 Å². The summed E-state index contributed by atoms with van der Waals surface area (Å²) in [4.78, 5) is 38.5. The first kappa shape index (κ1) is 22.5. The Morgan fingerprint density at radius 3 is 2.33 bits per heavy atom. The summed E-state index contributed by atoms with van der Waals surface area (Å²) in [5.74, 6) is 2.06. The number of rotatable bonds is 7. The first-order valence-electron chi connectivity index (χ1n) is 11.1. The number of ether oxygens (including phenoxy) is 1. The number of hydrogen-bond donors (Lipinski definition) is 0. The van der Waals surface area contributed by atoms with Gasteiger partial charge in [-0.1, -0.05) is 42.5 Å². The molecule has 1 saturated heterocycles. The van der Waals surface area contributed by atoms with E-state index in [0.717, 1.165) is 22.9 Å². The summed E-state index contributed by atoms with van der Waals surface area (Å²) >= 11 is 0. The van der Waals surface area contributed by atoms with Crippen LogP contribution in [0.5, 0.6) is 5.75 Å². The predicted molar refractivity (Wildman–Crippen MR) is 128 cm³/mol. The van der Waals surface area contributed by atoms with Crippen molar-refractivity contribution in [2.75, 3.05) is 38.2 Å². The molecule has 0 atom stereocenters. The highest BCUT2D eigenvalue weighted by Gasteiger charge is 2.23. The van der Waals surface area contributed by atoms with Crippen molar-refractivity contribution >= 4 is 17.5 Å². The van der Waals surface area contributed by atoms with Gasteiger partial charge < -0.3 is 14.5 Å². The van der Waals surface area contributed by atoms with Crippen molar-refractivity contribution in [1.29, 1.82) is 0 Å². The lowest BCUT2D eigenvalue weighted by Gasteiger charge is -2.35. The number of hydrogen-bond acceptors (Lipinski definition) is 6. The van der Waals surface area contributed by atoms with E-state index in [9.17, 15) is 9.59 Å². The van der Waals surface area contributed by atoms with Crippen LogP contribution in [0.25, 0.3) is 11.3 Å². The van der Waals surface area contributed by atoms with Crippen LogP contribution in [0.2, 0.25) is 0 Å². The van der Waals surface area contributed by atoms with Gasteiger partial charge in [-0.05, 0) is 19.1 Å². The molecule has 7 heteroatoms. The number of piperazine rings is 1. The number of aryl methyl sites for hydroxylation is 1. The van der Waals surface area contributed by atoms with Gasteiger partial charge in [-0.25, -0.2) is 9.97 Å². The Bertz CT molecular complexity index is 1130. The number of aromatic nitrogens is 2. The van der Waals surface area contributed by atoms with Gasteiger partial charge >= 0.3 is 0 Å². The average Bonchev–Trinajstić information content (AvgIpc) is 2.87. The molecule has 33 heavy (non-hydrogen) atoms. The van der Waals surface area contributed by atoms with E-state index in [0.29, 0.717) is 37.5 Å². The summed E-state index contributed by atoms with van der Waals surface area (Å²) in [7, 11) is 1.54. The Kier molecular flexibility index (Phi) is 6.98. The first-order chi connectivity index (χ1) is 16.0. The second kappa shape index (κ2) is 10.3. The number of ketones is 1. The third kappa shape index (κ3) is 5.37. The van der Waals surface area contributed by atoms with Crippen LogP contribution in [0, 0.1) is 6.92 Å². The Morgan fingerprint density at radius 2 is 1.61 bits per heavy atom. The zero-order chi connectivity index (χ0) is 23.2. The molecular formula is C26H28N4O3. The Hall–Kier alpha value is -3.74. The van der Waals surface area contributed by atoms with E-state index in [1.807, 2.05) is 54.3 Å². The maximum atomic E-state index is 12.7. The fraction of sp³-hybridized carbons (Fsp3) is 0.308. The van der Waals surface area contributed by atoms with E-state index in [2.05, 4.69) is 14.9 Å². The molecule has 0 spiro atoms. The van der Waals surface area contributed by atoms with Crippen LogP contribution in [-0.4, -0.2) is 59.8 Å². The molecule has 2 aromatic carbocycles. The van der Waals surface area contributed by atoms with Crippen molar-refractivity contribution in [2.24, 2.45) is 0 Å². The smallest absolute Gasteiger partial charge is 0.223 e. The SMILES string of the molecule is COc1ccccc1C(=O)CCC(=O)N1CCN(c2cc(-c3ccccc3)nc(C)n2)CC1. The molecule has 4 rings (SSSR count). The summed E-state index contributed by atoms with van der Waals surface area (Å²) in [6.45, 7) is 4.49. The third-order valence-electron chi connectivity index (χ3n) is 5.82. The molecule has 1 aromatic heterocycles. The molecule has 0 N–H and O–H groups in total. The number of Topliss-reactive ketones (excluding diaryl/α,β-unsaturated/α-hetero) is 1. The minimum atomic E-state index is -0.0793. The molecule has 0 aliphatic carbocycles. The number of nitrogens with zero attached hydrogens (tertiary/aromatic N) is 4. The standard InChI is InChI=1S/C26H28N4O3/c1-19-27-22(20-8-4-3-5-9-20)18-25(28-19)29-14-16-30(17-15-29)26(32)13-12-23(31)21-10-6-7-11-24(21)33-2/h3-11,18H,12-17H2,1-2H3. The highest BCUT2D eigenvalue weighted by atomic mass is 16.5.